The zero-order valence-electron chi connectivity index (χ0n) is 9.72. The van der Waals surface area contributed by atoms with E-state index >= 15 is 0 Å². The minimum Gasteiger partial charge on any atom is -0.396 e. The van der Waals surface area contributed by atoms with Gasteiger partial charge in [0.05, 0.1) is 6.10 Å². The molecule has 1 aromatic carbocycles. The number of aliphatic hydroxyl groups excluding tert-OH is 1. The van der Waals surface area contributed by atoms with Crippen LogP contribution < -0.4 is 0 Å². The van der Waals surface area contributed by atoms with Gasteiger partial charge in [-0.15, -0.1) is 0 Å². The predicted molar refractivity (Wildman–Crippen MR) is 60.9 cm³/mol. The highest BCUT2D eigenvalue weighted by molar-refractivity contribution is 5.19. The maximum absolute atomic E-state index is 9.03. The van der Waals surface area contributed by atoms with Crippen molar-refractivity contribution in [2.24, 2.45) is 0 Å². The van der Waals surface area contributed by atoms with E-state index in [4.69, 9.17) is 14.6 Å². The monoisotopic (exact) mass is 222 g/mol. The molecule has 2 rings (SSSR count). The summed E-state index contributed by atoms with van der Waals surface area (Å²) in [5.41, 5.74) is 1.10. The van der Waals surface area contributed by atoms with Gasteiger partial charge >= 0.3 is 0 Å². The van der Waals surface area contributed by atoms with Gasteiger partial charge in [-0.25, -0.2) is 0 Å². The van der Waals surface area contributed by atoms with E-state index in [-0.39, 0.29) is 18.8 Å². The fraction of sp³-hybridized carbons (Fsp3) is 0.538. The zero-order valence-corrected chi connectivity index (χ0v) is 9.72. The van der Waals surface area contributed by atoms with Crippen LogP contribution in [0.4, 0.5) is 0 Å². The molecule has 1 unspecified atom stereocenters. The Bertz CT molecular complexity index is 334. The number of benzene rings is 1. The molecule has 1 N–H and O–H groups in total. The lowest BCUT2D eigenvalue weighted by Gasteiger charge is -2.16. The molecule has 3 heteroatoms. The molecule has 2 atom stereocenters. The topological polar surface area (TPSA) is 38.7 Å². The van der Waals surface area contributed by atoms with Crippen LogP contribution in [0, 0.1) is 0 Å². The summed E-state index contributed by atoms with van der Waals surface area (Å²) in [6, 6.07) is 10.0. The normalized spacial score (nSPS) is 28.2. The summed E-state index contributed by atoms with van der Waals surface area (Å²) in [6.45, 7) is 3.92. The van der Waals surface area contributed by atoms with Crippen LogP contribution in [0.2, 0.25) is 0 Å². The van der Waals surface area contributed by atoms with Gasteiger partial charge in [0.15, 0.2) is 5.79 Å². The highest BCUT2D eigenvalue weighted by Gasteiger charge is 2.41. The molecular weight excluding hydrogens is 204 g/mol. The van der Waals surface area contributed by atoms with Crippen LogP contribution in [0.1, 0.15) is 31.9 Å². The van der Waals surface area contributed by atoms with Crippen LogP contribution in [0.3, 0.4) is 0 Å². The Morgan fingerprint density at radius 2 is 1.88 bits per heavy atom. The SMILES string of the molecule is CC1(C)OC(c2ccccc2)[C@@H](CCO)O1. The lowest BCUT2D eigenvalue weighted by Crippen LogP contribution is -2.21. The summed E-state index contributed by atoms with van der Waals surface area (Å²) in [5, 5.41) is 9.03. The van der Waals surface area contributed by atoms with Gasteiger partial charge in [-0.3, -0.25) is 0 Å². The predicted octanol–water partition coefficient (Wildman–Crippen LogP) is 2.26. The van der Waals surface area contributed by atoms with Crippen molar-refractivity contribution in [1.29, 1.82) is 0 Å². The summed E-state index contributed by atoms with van der Waals surface area (Å²) < 4.78 is 11.6. The highest BCUT2D eigenvalue weighted by atomic mass is 16.7. The second-order valence-corrected chi connectivity index (χ2v) is 4.52. The quantitative estimate of drug-likeness (QED) is 0.852. The highest BCUT2D eigenvalue weighted by Crippen LogP contribution is 2.39. The molecule has 88 valence electrons. The second-order valence-electron chi connectivity index (χ2n) is 4.52. The van der Waals surface area contributed by atoms with Gasteiger partial charge in [0.2, 0.25) is 0 Å². The second kappa shape index (κ2) is 4.53. The molecule has 1 aromatic rings. The van der Waals surface area contributed by atoms with E-state index in [2.05, 4.69) is 0 Å². The Kier molecular flexibility index (Phi) is 3.28. The molecule has 1 aliphatic heterocycles. The van der Waals surface area contributed by atoms with E-state index in [1.54, 1.807) is 0 Å². The minimum absolute atomic E-state index is 0.0672. The lowest BCUT2D eigenvalue weighted by molar-refractivity contribution is -0.147. The standard InChI is InChI=1S/C13H18O3/c1-13(2)15-11(8-9-14)12(16-13)10-6-4-3-5-7-10/h3-7,11-12,14H,8-9H2,1-2H3/t11-,12?/m1/s1. The Labute approximate surface area is 96.0 Å². The van der Waals surface area contributed by atoms with Crippen LogP contribution in [0.5, 0.6) is 0 Å². The van der Waals surface area contributed by atoms with Crippen molar-refractivity contribution in [1.82, 2.24) is 0 Å². The average Bonchev–Trinajstić information content (AvgIpc) is 2.56. The van der Waals surface area contributed by atoms with E-state index in [1.165, 1.54) is 0 Å². The third kappa shape index (κ3) is 2.43. The molecule has 0 aliphatic carbocycles. The van der Waals surface area contributed by atoms with Crippen molar-refractivity contribution < 1.29 is 14.6 Å². The first-order chi connectivity index (χ1) is 7.62. The summed E-state index contributed by atoms with van der Waals surface area (Å²) in [4.78, 5) is 0. The summed E-state index contributed by atoms with van der Waals surface area (Å²) >= 11 is 0. The van der Waals surface area contributed by atoms with E-state index in [9.17, 15) is 0 Å². The molecular formula is C13H18O3. The fourth-order valence-electron chi connectivity index (χ4n) is 2.10. The first-order valence-corrected chi connectivity index (χ1v) is 5.64. The zero-order chi connectivity index (χ0) is 11.6. The first kappa shape index (κ1) is 11.6. The molecule has 0 spiro atoms. The van der Waals surface area contributed by atoms with Gasteiger partial charge in [-0.1, -0.05) is 30.3 Å². The maximum atomic E-state index is 9.03. The maximum Gasteiger partial charge on any atom is 0.164 e. The third-order valence-electron chi connectivity index (χ3n) is 2.73. The summed E-state index contributed by atoms with van der Waals surface area (Å²) in [5.74, 6) is -0.569. The summed E-state index contributed by atoms with van der Waals surface area (Å²) in [6.07, 6.45) is 0.453. The fourth-order valence-corrected chi connectivity index (χ4v) is 2.10. The van der Waals surface area contributed by atoms with Crippen LogP contribution >= 0.6 is 0 Å². The van der Waals surface area contributed by atoms with Gasteiger partial charge in [0.25, 0.3) is 0 Å². The van der Waals surface area contributed by atoms with Crippen LogP contribution in [-0.4, -0.2) is 23.6 Å². The Balaban J connectivity index is 2.19. The van der Waals surface area contributed by atoms with Gasteiger partial charge in [0.1, 0.15) is 6.10 Å². The molecule has 0 bridgehead atoms. The Morgan fingerprint density at radius 1 is 1.19 bits per heavy atom. The average molecular weight is 222 g/mol. The van der Waals surface area contributed by atoms with Crippen molar-refractivity contribution in [3.63, 3.8) is 0 Å². The van der Waals surface area contributed by atoms with Crippen LogP contribution in [0.15, 0.2) is 30.3 Å². The van der Waals surface area contributed by atoms with E-state index in [1.807, 2.05) is 44.2 Å². The molecule has 0 amide bonds. The van der Waals surface area contributed by atoms with Crippen LogP contribution in [0.25, 0.3) is 0 Å². The van der Waals surface area contributed by atoms with Gasteiger partial charge in [-0.05, 0) is 25.8 Å². The van der Waals surface area contributed by atoms with E-state index < -0.39 is 5.79 Å². The van der Waals surface area contributed by atoms with E-state index in [0.717, 1.165) is 5.56 Å². The molecule has 0 radical (unpaired) electrons. The van der Waals surface area contributed by atoms with Crippen LogP contribution in [-0.2, 0) is 9.47 Å². The number of ether oxygens (including phenoxy) is 2. The van der Waals surface area contributed by atoms with Gasteiger partial charge in [0, 0.05) is 6.61 Å². The van der Waals surface area contributed by atoms with E-state index in [0.29, 0.717) is 6.42 Å². The lowest BCUT2D eigenvalue weighted by atomic mass is 10.0. The molecule has 1 saturated heterocycles. The smallest absolute Gasteiger partial charge is 0.164 e. The van der Waals surface area contributed by atoms with Crippen molar-refractivity contribution in [3.05, 3.63) is 35.9 Å². The number of aliphatic hydroxyl groups is 1. The van der Waals surface area contributed by atoms with Gasteiger partial charge in [-0.2, -0.15) is 0 Å². The molecule has 16 heavy (non-hydrogen) atoms. The molecule has 1 fully saturated rings. The van der Waals surface area contributed by atoms with Crippen molar-refractivity contribution in [2.75, 3.05) is 6.61 Å². The molecule has 0 saturated carbocycles. The van der Waals surface area contributed by atoms with Crippen molar-refractivity contribution in [2.45, 2.75) is 38.3 Å². The first-order valence-electron chi connectivity index (χ1n) is 5.64. The third-order valence-corrected chi connectivity index (χ3v) is 2.73. The number of hydrogen-bond acceptors (Lipinski definition) is 3. The van der Waals surface area contributed by atoms with Crippen molar-refractivity contribution >= 4 is 0 Å². The van der Waals surface area contributed by atoms with Gasteiger partial charge < -0.3 is 14.6 Å². The molecule has 3 nitrogen and oxygen atoms in total. The molecule has 1 heterocycles. The Morgan fingerprint density at radius 3 is 2.50 bits per heavy atom. The minimum atomic E-state index is -0.569. The number of rotatable bonds is 3. The van der Waals surface area contributed by atoms with Crippen molar-refractivity contribution in [3.8, 4) is 0 Å². The Hall–Kier alpha value is -0.900. The number of hydrogen-bond donors (Lipinski definition) is 1. The summed E-state index contributed by atoms with van der Waals surface area (Å²) in [7, 11) is 0. The molecule has 1 aliphatic rings. The molecule has 0 aromatic heterocycles. The largest absolute Gasteiger partial charge is 0.396 e.